The van der Waals surface area contributed by atoms with Gasteiger partial charge in [-0.25, -0.2) is 0 Å². The van der Waals surface area contributed by atoms with E-state index in [9.17, 15) is 4.79 Å². The largest absolute Gasteiger partial charge is 0.383 e. The number of hydrogen-bond acceptors (Lipinski definition) is 5. The molecule has 0 aromatic carbocycles. The smallest absolute Gasteiger partial charge is 0.221 e. The highest BCUT2D eigenvalue weighted by molar-refractivity contribution is 7.10. The normalized spacial score (nSPS) is 14.9. The molecule has 0 saturated heterocycles. The van der Waals surface area contributed by atoms with Crippen LogP contribution in [0.5, 0.6) is 0 Å². The van der Waals surface area contributed by atoms with Crippen molar-refractivity contribution in [3.8, 4) is 0 Å². The number of aromatic nitrogens is 1. The number of hydrogen-bond donors (Lipinski definition) is 3. The molecule has 1 amide bonds. The fraction of sp³-hybridized carbons (Fsp3) is 0.556. The first kappa shape index (κ1) is 10.2. The van der Waals surface area contributed by atoms with E-state index >= 15 is 0 Å². The molecule has 0 atom stereocenters. The summed E-state index contributed by atoms with van der Waals surface area (Å²) >= 11 is 1.31. The maximum atomic E-state index is 11.3. The van der Waals surface area contributed by atoms with Gasteiger partial charge >= 0.3 is 0 Å². The van der Waals surface area contributed by atoms with Crippen LogP contribution in [-0.4, -0.2) is 22.9 Å². The number of nitrogens with one attached hydrogen (secondary N) is 2. The minimum absolute atomic E-state index is 0.113. The molecule has 1 aromatic rings. The number of nitrogen functional groups attached to an aromatic ring is 1. The van der Waals surface area contributed by atoms with Crippen LogP contribution in [0.3, 0.4) is 0 Å². The second-order valence-electron chi connectivity index (χ2n) is 3.63. The van der Waals surface area contributed by atoms with Crippen LogP contribution in [0.4, 0.5) is 10.8 Å². The number of carbonyl (C=O) groups excluding carboxylic acids is 1. The van der Waals surface area contributed by atoms with Crippen molar-refractivity contribution < 1.29 is 4.79 Å². The molecule has 0 unspecified atom stereocenters. The Morgan fingerprint density at radius 1 is 1.67 bits per heavy atom. The summed E-state index contributed by atoms with van der Waals surface area (Å²) in [6.45, 7) is 0.625. The summed E-state index contributed by atoms with van der Waals surface area (Å²) < 4.78 is 3.93. The van der Waals surface area contributed by atoms with Crippen LogP contribution in [-0.2, 0) is 4.79 Å². The molecular formula is C9H14N4OS. The molecule has 1 heterocycles. The van der Waals surface area contributed by atoms with E-state index in [0.29, 0.717) is 24.8 Å². The van der Waals surface area contributed by atoms with Crippen LogP contribution >= 0.6 is 11.5 Å². The maximum Gasteiger partial charge on any atom is 0.221 e. The van der Waals surface area contributed by atoms with Gasteiger partial charge in [0.15, 0.2) is 0 Å². The second kappa shape index (κ2) is 4.48. The van der Waals surface area contributed by atoms with Gasteiger partial charge in [0.1, 0.15) is 10.8 Å². The molecule has 4 N–H and O–H groups in total. The van der Waals surface area contributed by atoms with Crippen LogP contribution in [0, 0.1) is 0 Å². The third-order valence-corrected chi connectivity index (χ3v) is 2.88. The summed E-state index contributed by atoms with van der Waals surface area (Å²) in [4.78, 5) is 11.3. The van der Waals surface area contributed by atoms with Gasteiger partial charge in [-0.15, -0.1) is 0 Å². The van der Waals surface area contributed by atoms with Gasteiger partial charge < -0.3 is 16.4 Å². The molecule has 1 aromatic heterocycles. The molecule has 0 bridgehead atoms. The van der Waals surface area contributed by atoms with Crippen LogP contribution in [0.2, 0.25) is 0 Å². The Morgan fingerprint density at radius 2 is 2.47 bits per heavy atom. The van der Waals surface area contributed by atoms with Crippen molar-refractivity contribution in [2.24, 2.45) is 0 Å². The van der Waals surface area contributed by atoms with Gasteiger partial charge in [0, 0.05) is 25.1 Å². The van der Waals surface area contributed by atoms with Crippen molar-refractivity contribution in [1.29, 1.82) is 0 Å². The van der Waals surface area contributed by atoms with E-state index in [0.717, 1.165) is 17.8 Å². The SMILES string of the molecule is Nc1cc(NCCC(=O)NC2CC2)sn1. The lowest BCUT2D eigenvalue weighted by Crippen LogP contribution is -2.27. The molecule has 5 nitrogen and oxygen atoms in total. The lowest BCUT2D eigenvalue weighted by atomic mass is 10.4. The van der Waals surface area contributed by atoms with E-state index in [1.54, 1.807) is 6.07 Å². The topological polar surface area (TPSA) is 80.0 Å². The molecular weight excluding hydrogens is 212 g/mol. The lowest BCUT2D eigenvalue weighted by molar-refractivity contribution is -0.120. The van der Waals surface area contributed by atoms with Gasteiger partial charge in [-0.1, -0.05) is 0 Å². The van der Waals surface area contributed by atoms with Crippen molar-refractivity contribution >= 4 is 28.3 Å². The van der Waals surface area contributed by atoms with E-state index in [4.69, 9.17) is 5.73 Å². The van der Waals surface area contributed by atoms with Crippen molar-refractivity contribution in [3.63, 3.8) is 0 Å². The molecule has 6 heteroatoms. The van der Waals surface area contributed by atoms with Crippen LogP contribution < -0.4 is 16.4 Å². The molecule has 1 fully saturated rings. The molecule has 1 aliphatic carbocycles. The zero-order valence-electron chi connectivity index (χ0n) is 8.32. The minimum atomic E-state index is 0.113. The number of rotatable bonds is 5. The predicted molar refractivity (Wildman–Crippen MR) is 60.8 cm³/mol. The Balaban J connectivity index is 1.63. The van der Waals surface area contributed by atoms with E-state index in [1.165, 1.54) is 11.5 Å². The Labute approximate surface area is 92.2 Å². The summed E-state index contributed by atoms with van der Waals surface area (Å²) in [5.41, 5.74) is 5.46. The predicted octanol–water partition coefficient (Wildman–Crippen LogP) is 0.806. The van der Waals surface area contributed by atoms with Gasteiger partial charge in [0.05, 0.1) is 0 Å². The number of carbonyl (C=O) groups is 1. The Morgan fingerprint density at radius 3 is 3.07 bits per heavy atom. The summed E-state index contributed by atoms with van der Waals surface area (Å²) in [7, 11) is 0. The van der Waals surface area contributed by atoms with Crippen LogP contribution in [0.1, 0.15) is 19.3 Å². The number of amides is 1. The number of nitrogens with zero attached hydrogens (tertiary/aromatic N) is 1. The molecule has 15 heavy (non-hydrogen) atoms. The second-order valence-corrected chi connectivity index (χ2v) is 4.44. The summed E-state index contributed by atoms with van der Waals surface area (Å²) in [6, 6.07) is 2.21. The van der Waals surface area contributed by atoms with Crippen LogP contribution in [0.15, 0.2) is 6.07 Å². The summed E-state index contributed by atoms with van der Waals surface area (Å²) in [5.74, 6) is 0.632. The first-order chi connectivity index (χ1) is 7.24. The Bertz CT molecular complexity index is 348. The molecule has 1 saturated carbocycles. The monoisotopic (exact) mass is 226 g/mol. The molecule has 0 radical (unpaired) electrons. The highest BCUT2D eigenvalue weighted by Crippen LogP contribution is 2.19. The summed E-state index contributed by atoms with van der Waals surface area (Å²) in [5, 5.41) is 6.94. The van der Waals surface area contributed by atoms with Gasteiger partial charge in [-0.2, -0.15) is 4.37 Å². The molecule has 0 spiro atoms. The van der Waals surface area contributed by atoms with Crippen LogP contribution in [0.25, 0.3) is 0 Å². The maximum absolute atomic E-state index is 11.3. The standard InChI is InChI=1S/C9H14N4OS/c10-7-5-9(15-13-7)11-4-3-8(14)12-6-1-2-6/h5-6,11H,1-4H2,(H2,10,13)(H,12,14). The lowest BCUT2D eigenvalue weighted by Gasteiger charge is -2.03. The molecule has 1 aliphatic rings. The van der Waals surface area contributed by atoms with Crippen molar-refractivity contribution in [3.05, 3.63) is 6.07 Å². The minimum Gasteiger partial charge on any atom is -0.383 e. The zero-order chi connectivity index (χ0) is 10.7. The van der Waals surface area contributed by atoms with E-state index in [2.05, 4.69) is 15.0 Å². The third kappa shape index (κ3) is 3.39. The van der Waals surface area contributed by atoms with Crippen molar-refractivity contribution in [2.75, 3.05) is 17.6 Å². The van der Waals surface area contributed by atoms with Gasteiger partial charge in [-0.05, 0) is 24.4 Å². The highest BCUT2D eigenvalue weighted by atomic mass is 32.1. The Kier molecular flexibility index (Phi) is 3.05. The third-order valence-electron chi connectivity index (χ3n) is 2.12. The van der Waals surface area contributed by atoms with E-state index < -0.39 is 0 Å². The quantitative estimate of drug-likeness (QED) is 0.694. The molecule has 2 rings (SSSR count). The average molecular weight is 226 g/mol. The van der Waals surface area contributed by atoms with E-state index in [1.807, 2.05) is 0 Å². The zero-order valence-corrected chi connectivity index (χ0v) is 9.14. The Hall–Kier alpha value is -1.30. The van der Waals surface area contributed by atoms with Crippen molar-refractivity contribution in [1.82, 2.24) is 9.69 Å². The van der Waals surface area contributed by atoms with Crippen molar-refractivity contribution in [2.45, 2.75) is 25.3 Å². The van der Waals surface area contributed by atoms with Gasteiger partial charge in [-0.3, -0.25) is 4.79 Å². The number of anilines is 2. The fourth-order valence-electron chi connectivity index (χ4n) is 1.20. The van der Waals surface area contributed by atoms with Gasteiger partial charge in [0.25, 0.3) is 0 Å². The first-order valence-corrected chi connectivity index (χ1v) is 5.77. The average Bonchev–Trinajstić information content (AvgIpc) is 2.89. The van der Waals surface area contributed by atoms with E-state index in [-0.39, 0.29) is 5.91 Å². The summed E-state index contributed by atoms with van der Waals surface area (Å²) in [6.07, 6.45) is 2.75. The molecule has 82 valence electrons. The fourth-order valence-corrected chi connectivity index (χ4v) is 1.80. The number of nitrogens with two attached hydrogens (primary N) is 1. The highest BCUT2D eigenvalue weighted by Gasteiger charge is 2.22. The molecule has 0 aliphatic heterocycles. The first-order valence-electron chi connectivity index (χ1n) is 4.99. The van der Waals surface area contributed by atoms with Gasteiger partial charge in [0.2, 0.25) is 5.91 Å².